The van der Waals surface area contributed by atoms with Crippen LogP contribution in [0.5, 0.6) is 11.5 Å². The molecule has 0 aromatic heterocycles. The van der Waals surface area contributed by atoms with Crippen molar-refractivity contribution in [3.8, 4) is 11.5 Å². The van der Waals surface area contributed by atoms with E-state index in [-0.39, 0.29) is 18.1 Å². The van der Waals surface area contributed by atoms with E-state index < -0.39 is 21.9 Å². The first-order valence-corrected chi connectivity index (χ1v) is 12.4. The number of para-hydroxylation sites is 1. The van der Waals surface area contributed by atoms with E-state index in [0.717, 1.165) is 24.2 Å². The van der Waals surface area contributed by atoms with Crippen LogP contribution in [0.25, 0.3) is 0 Å². The maximum absolute atomic E-state index is 12.1. The Hall–Kier alpha value is -2.46. The predicted octanol–water partition coefficient (Wildman–Crippen LogP) is 4.51. The Morgan fingerprint density at radius 2 is 1.65 bits per heavy atom. The van der Waals surface area contributed by atoms with E-state index in [9.17, 15) is 17.8 Å². The molecule has 0 aliphatic heterocycles. The third-order valence-electron chi connectivity index (χ3n) is 5.29. The minimum atomic E-state index is -4.69. The van der Waals surface area contributed by atoms with Crippen LogP contribution in [0.3, 0.4) is 0 Å². The summed E-state index contributed by atoms with van der Waals surface area (Å²) in [5, 5.41) is 3.33. The van der Waals surface area contributed by atoms with E-state index in [1.165, 1.54) is 0 Å². The average Bonchev–Trinajstić information content (AvgIpc) is 2.74. The molecule has 2 rings (SSSR count). The van der Waals surface area contributed by atoms with Crippen LogP contribution in [0, 0.1) is 5.41 Å². The summed E-state index contributed by atoms with van der Waals surface area (Å²) < 4.78 is 47.9. The highest BCUT2D eigenvalue weighted by Gasteiger charge is 2.26. The van der Waals surface area contributed by atoms with Gasteiger partial charge in [0.25, 0.3) is 0 Å². The van der Waals surface area contributed by atoms with Crippen molar-refractivity contribution in [1.82, 2.24) is 5.32 Å². The van der Waals surface area contributed by atoms with Gasteiger partial charge in [-0.05, 0) is 76.8 Å². The minimum Gasteiger partial charge on any atom is -0.496 e. The van der Waals surface area contributed by atoms with E-state index in [1.807, 2.05) is 38.1 Å². The van der Waals surface area contributed by atoms with E-state index >= 15 is 0 Å². The molecule has 1 unspecified atom stereocenters. The summed E-state index contributed by atoms with van der Waals surface area (Å²) in [6.07, 6.45) is 0.517. The van der Waals surface area contributed by atoms with Gasteiger partial charge in [-0.2, -0.15) is 8.42 Å². The number of nitrogens with one attached hydrogen (secondary N) is 1. The molecule has 0 saturated heterocycles. The second-order valence-corrected chi connectivity index (χ2v) is 10.8. The summed E-state index contributed by atoms with van der Waals surface area (Å²) >= 11 is 0. The monoisotopic (exact) mass is 493 g/mol. The Labute approximate surface area is 202 Å². The molecule has 0 aliphatic carbocycles. The molecule has 0 fully saturated rings. The lowest BCUT2D eigenvalue weighted by atomic mass is 9.94. The van der Waals surface area contributed by atoms with Crippen molar-refractivity contribution < 1.29 is 31.4 Å². The molecule has 2 aromatic rings. The van der Waals surface area contributed by atoms with Gasteiger partial charge in [-0.3, -0.25) is 9.35 Å². The number of rotatable bonds is 11. The highest BCUT2D eigenvalue weighted by Crippen LogP contribution is 2.26. The van der Waals surface area contributed by atoms with Gasteiger partial charge in [0.1, 0.15) is 17.6 Å². The number of methoxy groups -OCH3 is 1. The minimum absolute atomic E-state index is 0.125. The van der Waals surface area contributed by atoms with Gasteiger partial charge in [0, 0.05) is 12.1 Å². The van der Waals surface area contributed by atoms with Crippen LogP contribution < -0.4 is 14.8 Å². The lowest BCUT2D eigenvalue weighted by molar-refractivity contribution is -0.143. The lowest BCUT2D eigenvalue weighted by Gasteiger charge is -2.29. The van der Waals surface area contributed by atoms with E-state index in [0.29, 0.717) is 11.3 Å². The Bertz CT molecular complexity index is 1060. The second kappa shape index (κ2) is 11.3. The summed E-state index contributed by atoms with van der Waals surface area (Å²) in [5.74, 6) is 0.766. The van der Waals surface area contributed by atoms with Gasteiger partial charge in [0.2, 0.25) is 0 Å². The van der Waals surface area contributed by atoms with Gasteiger partial charge in [-0.1, -0.05) is 30.3 Å². The number of aryl methyl sites for hydroxylation is 1. The number of ether oxygens (including phenoxy) is 2. The summed E-state index contributed by atoms with van der Waals surface area (Å²) in [6, 6.07) is 14.1. The molecule has 2 N–H and O–H groups in total. The summed E-state index contributed by atoms with van der Waals surface area (Å²) in [6.45, 7) is 9.38. The van der Waals surface area contributed by atoms with Crippen molar-refractivity contribution in [2.24, 2.45) is 5.41 Å². The van der Waals surface area contributed by atoms with Crippen LogP contribution in [0.1, 0.15) is 58.3 Å². The Balaban J connectivity index is 2.08. The van der Waals surface area contributed by atoms with Crippen LogP contribution in [-0.2, 0) is 25.8 Å². The highest BCUT2D eigenvalue weighted by molar-refractivity contribution is 7.80. The van der Waals surface area contributed by atoms with E-state index in [1.54, 1.807) is 52.1 Å². The standard InChI is InChI=1S/C25H35NO7S/c1-24(2,3)23(27)32-20-13-11-19(12-14-20)22(33-34(28,29)30)17-26-25(4,5)16-15-18-9-7-8-10-21(18)31-6/h7-14,22,26H,15-17H2,1-6H3,(H,28,29,30). The third kappa shape index (κ3) is 9.06. The van der Waals surface area contributed by atoms with Crippen molar-refractivity contribution >= 4 is 16.4 Å². The first-order valence-electron chi connectivity index (χ1n) is 11.0. The van der Waals surface area contributed by atoms with Crippen LogP contribution in [0.4, 0.5) is 0 Å². The zero-order valence-electron chi connectivity index (χ0n) is 20.6. The van der Waals surface area contributed by atoms with E-state index in [2.05, 4.69) is 5.32 Å². The number of hydrogen-bond acceptors (Lipinski definition) is 7. The van der Waals surface area contributed by atoms with Gasteiger partial charge >= 0.3 is 16.4 Å². The number of carbonyl (C=O) groups is 1. The van der Waals surface area contributed by atoms with Gasteiger partial charge in [-0.15, -0.1) is 0 Å². The largest absolute Gasteiger partial charge is 0.496 e. The first-order chi connectivity index (χ1) is 15.7. The zero-order chi connectivity index (χ0) is 25.6. The number of esters is 1. The molecule has 8 nitrogen and oxygen atoms in total. The van der Waals surface area contributed by atoms with Crippen LogP contribution in [0.2, 0.25) is 0 Å². The fraction of sp³-hybridized carbons (Fsp3) is 0.480. The molecule has 0 spiro atoms. The number of benzene rings is 2. The normalized spacial score (nSPS) is 13.4. The van der Waals surface area contributed by atoms with E-state index in [4.69, 9.17) is 13.7 Å². The molecular weight excluding hydrogens is 458 g/mol. The summed E-state index contributed by atoms with van der Waals surface area (Å²) in [4.78, 5) is 12.1. The molecule has 0 heterocycles. The highest BCUT2D eigenvalue weighted by atomic mass is 32.3. The Kier molecular flexibility index (Phi) is 9.24. The van der Waals surface area contributed by atoms with Gasteiger partial charge in [0.05, 0.1) is 12.5 Å². The fourth-order valence-electron chi connectivity index (χ4n) is 3.18. The summed E-state index contributed by atoms with van der Waals surface area (Å²) in [5.41, 5.74) is 0.547. The van der Waals surface area contributed by atoms with Gasteiger partial charge in [0.15, 0.2) is 0 Å². The molecule has 34 heavy (non-hydrogen) atoms. The molecule has 0 bridgehead atoms. The molecule has 0 saturated carbocycles. The molecule has 1 atom stereocenters. The van der Waals surface area contributed by atoms with Gasteiger partial charge in [-0.25, -0.2) is 4.18 Å². The molecule has 2 aromatic carbocycles. The smallest absolute Gasteiger partial charge is 0.397 e. The maximum Gasteiger partial charge on any atom is 0.397 e. The number of hydrogen-bond donors (Lipinski definition) is 2. The van der Waals surface area contributed by atoms with Gasteiger partial charge < -0.3 is 14.8 Å². The fourth-order valence-corrected chi connectivity index (χ4v) is 3.65. The Morgan fingerprint density at radius 1 is 1.03 bits per heavy atom. The average molecular weight is 494 g/mol. The van der Waals surface area contributed by atoms with Crippen LogP contribution >= 0.6 is 0 Å². The predicted molar refractivity (Wildman–Crippen MR) is 130 cm³/mol. The molecule has 0 radical (unpaired) electrons. The SMILES string of the molecule is COc1ccccc1CCC(C)(C)NCC(OS(=O)(=O)O)c1ccc(OC(=O)C(C)(C)C)cc1. The molecule has 0 aliphatic rings. The van der Waals surface area contributed by atoms with Crippen molar-refractivity contribution in [3.63, 3.8) is 0 Å². The number of carbonyl (C=O) groups excluding carboxylic acids is 1. The van der Waals surface area contributed by atoms with Crippen molar-refractivity contribution in [2.75, 3.05) is 13.7 Å². The van der Waals surface area contributed by atoms with Crippen LogP contribution in [-0.4, -0.2) is 38.1 Å². The molecule has 188 valence electrons. The second-order valence-electron chi connectivity index (χ2n) is 9.80. The quantitative estimate of drug-likeness (QED) is 0.267. The molecule has 0 amide bonds. The van der Waals surface area contributed by atoms with Crippen molar-refractivity contribution in [3.05, 3.63) is 59.7 Å². The topological polar surface area (TPSA) is 111 Å². The first kappa shape index (κ1) is 27.8. The van der Waals surface area contributed by atoms with Crippen molar-refractivity contribution in [2.45, 2.75) is 59.1 Å². The van der Waals surface area contributed by atoms with Crippen molar-refractivity contribution in [1.29, 1.82) is 0 Å². The summed E-state index contributed by atoms with van der Waals surface area (Å²) in [7, 11) is -3.06. The molecular formula is C25H35NO7S. The third-order valence-corrected chi connectivity index (χ3v) is 5.77. The Morgan fingerprint density at radius 3 is 2.21 bits per heavy atom. The van der Waals surface area contributed by atoms with Crippen LogP contribution in [0.15, 0.2) is 48.5 Å². The lowest BCUT2D eigenvalue weighted by Crippen LogP contribution is -2.42. The zero-order valence-corrected chi connectivity index (χ0v) is 21.4. The molecule has 9 heteroatoms. The maximum atomic E-state index is 12.1.